The van der Waals surface area contributed by atoms with Gasteiger partial charge in [0.15, 0.2) is 0 Å². The summed E-state index contributed by atoms with van der Waals surface area (Å²) < 4.78 is 7.17. The van der Waals surface area contributed by atoms with Gasteiger partial charge in [-0.25, -0.2) is 0 Å². The number of nitrogens with two attached hydrogens (primary N) is 1. The highest BCUT2D eigenvalue weighted by Crippen LogP contribution is 2.24. The van der Waals surface area contributed by atoms with Gasteiger partial charge >= 0.3 is 0 Å². The number of nitrogens with zero attached hydrogens (tertiary/aromatic N) is 3. The lowest BCUT2D eigenvalue weighted by Crippen LogP contribution is -2.59. The number of carbonyl (C=O) groups excluding carboxylic acids is 2. The lowest BCUT2D eigenvalue weighted by Gasteiger charge is -2.38. The van der Waals surface area contributed by atoms with Crippen molar-refractivity contribution < 1.29 is 14.3 Å². The number of fused-ring (bicyclic) bond motifs is 1. The van der Waals surface area contributed by atoms with Gasteiger partial charge in [-0.05, 0) is 13.1 Å². The second-order valence-corrected chi connectivity index (χ2v) is 6.43. The van der Waals surface area contributed by atoms with E-state index in [1.54, 1.807) is 12.0 Å². The van der Waals surface area contributed by atoms with Gasteiger partial charge in [0.25, 0.3) is 5.91 Å². The summed E-state index contributed by atoms with van der Waals surface area (Å²) in [4.78, 5) is 28.6. The van der Waals surface area contributed by atoms with Crippen LogP contribution in [0.5, 0.6) is 0 Å². The van der Waals surface area contributed by atoms with Crippen molar-refractivity contribution >= 4 is 22.7 Å². The van der Waals surface area contributed by atoms with Gasteiger partial charge in [0.1, 0.15) is 6.04 Å². The van der Waals surface area contributed by atoms with E-state index in [-0.39, 0.29) is 5.91 Å². The number of rotatable bonds is 5. The van der Waals surface area contributed by atoms with Crippen molar-refractivity contribution in [1.29, 1.82) is 0 Å². The van der Waals surface area contributed by atoms with Crippen molar-refractivity contribution in [2.75, 3.05) is 40.4 Å². The second-order valence-electron chi connectivity index (χ2n) is 6.43. The van der Waals surface area contributed by atoms with Crippen molar-refractivity contribution in [3.8, 4) is 0 Å². The van der Waals surface area contributed by atoms with E-state index in [4.69, 9.17) is 10.5 Å². The summed E-state index contributed by atoms with van der Waals surface area (Å²) in [6, 6.07) is 7.17. The van der Waals surface area contributed by atoms with E-state index < -0.39 is 11.9 Å². The van der Waals surface area contributed by atoms with Crippen LogP contribution in [0.3, 0.4) is 0 Å². The van der Waals surface area contributed by atoms with Gasteiger partial charge in [-0.15, -0.1) is 0 Å². The minimum Gasteiger partial charge on any atom is -0.383 e. The van der Waals surface area contributed by atoms with E-state index in [0.29, 0.717) is 31.8 Å². The number of carbonyl (C=O) groups is 2. The highest BCUT2D eigenvalue weighted by molar-refractivity contribution is 6.08. The maximum absolute atomic E-state index is 13.2. The highest BCUT2D eigenvalue weighted by atomic mass is 16.5. The monoisotopic (exact) mass is 344 g/mol. The Hall–Kier alpha value is -2.38. The summed E-state index contributed by atoms with van der Waals surface area (Å²) >= 11 is 0. The number of para-hydroxylation sites is 1. The Morgan fingerprint density at radius 2 is 2.04 bits per heavy atom. The van der Waals surface area contributed by atoms with Crippen LogP contribution >= 0.6 is 0 Å². The number of aromatic nitrogens is 1. The fourth-order valence-corrected chi connectivity index (χ4v) is 3.35. The minimum atomic E-state index is -0.604. The van der Waals surface area contributed by atoms with E-state index in [9.17, 15) is 9.59 Å². The number of benzene rings is 1. The molecule has 2 aromatic rings. The maximum Gasteiger partial charge on any atom is 0.256 e. The van der Waals surface area contributed by atoms with Crippen molar-refractivity contribution in [2.24, 2.45) is 5.73 Å². The van der Waals surface area contributed by atoms with E-state index in [0.717, 1.165) is 17.4 Å². The molecular formula is C18H24N4O3. The minimum absolute atomic E-state index is 0.149. The zero-order chi connectivity index (χ0) is 18.0. The molecule has 1 fully saturated rings. The second kappa shape index (κ2) is 7.25. The van der Waals surface area contributed by atoms with Crippen LogP contribution in [0.15, 0.2) is 30.5 Å². The molecule has 2 amide bonds. The lowest BCUT2D eigenvalue weighted by molar-refractivity contribution is -0.124. The zero-order valence-electron chi connectivity index (χ0n) is 14.6. The summed E-state index contributed by atoms with van der Waals surface area (Å²) in [5.74, 6) is -0.618. The fourth-order valence-electron chi connectivity index (χ4n) is 3.35. The molecule has 134 valence electrons. The Balaban J connectivity index is 1.97. The van der Waals surface area contributed by atoms with Crippen LogP contribution in [0.1, 0.15) is 10.4 Å². The molecular weight excluding hydrogens is 320 g/mol. The third-order valence-electron chi connectivity index (χ3n) is 4.73. The summed E-state index contributed by atoms with van der Waals surface area (Å²) in [6.07, 6.45) is 1.85. The molecule has 0 spiro atoms. The molecule has 7 heteroatoms. The van der Waals surface area contributed by atoms with Crippen molar-refractivity contribution in [2.45, 2.75) is 12.6 Å². The van der Waals surface area contributed by atoms with Gasteiger partial charge in [0, 0.05) is 50.4 Å². The average Bonchev–Trinajstić information content (AvgIpc) is 2.98. The standard InChI is InChI=1S/C18H24N4O3/c1-20-7-8-22(16(12-20)17(19)23)18(24)14-11-21(9-10-25-2)15-6-4-3-5-13(14)15/h3-6,11,16H,7-10,12H2,1-2H3,(H2,19,23). The molecule has 2 N–H and O–H groups in total. The number of hydrogen-bond acceptors (Lipinski definition) is 4. The van der Waals surface area contributed by atoms with Crippen LogP contribution in [0.2, 0.25) is 0 Å². The van der Waals surface area contributed by atoms with Gasteiger partial charge in [-0.3, -0.25) is 9.59 Å². The number of likely N-dealkylation sites (N-methyl/N-ethyl adjacent to an activating group) is 1. The van der Waals surface area contributed by atoms with Gasteiger partial charge in [-0.2, -0.15) is 0 Å². The van der Waals surface area contributed by atoms with Crippen molar-refractivity contribution in [3.05, 3.63) is 36.0 Å². The van der Waals surface area contributed by atoms with E-state index in [1.165, 1.54) is 0 Å². The van der Waals surface area contributed by atoms with E-state index in [1.807, 2.05) is 47.0 Å². The highest BCUT2D eigenvalue weighted by Gasteiger charge is 2.34. The molecule has 1 atom stereocenters. The maximum atomic E-state index is 13.2. The number of hydrogen-bond donors (Lipinski definition) is 1. The van der Waals surface area contributed by atoms with Crippen LogP contribution in [-0.2, 0) is 16.1 Å². The number of primary amides is 1. The molecule has 1 aromatic heterocycles. The Morgan fingerprint density at radius 3 is 2.76 bits per heavy atom. The summed E-state index contributed by atoms with van der Waals surface area (Å²) in [5, 5.41) is 0.880. The first kappa shape index (κ1) is 17.4. The van der Waals surface area contributed by atoms with E-state index in [2.05, 4.69) is 0 Å². The third-order valence-corrected chi connectivity index (χ3v) is 4.73. The first-order valence-electron chi connectivity index (χ1n) is 8.38. The number of ether oxygens (including phenoxy) is 1. The molecule has 0 radical (unpaired) electrons. The molecule has 1 unspecified atom stereocenters. The number of piperazine rings is 1. The van der Waals surface area contributed by atoms with Crippen LogP contribution in [0.4, 0.5) is 0 Å². The molecule has 0 bridgehead atoms. The fraction of sp³-hybridized carbons (Fsp3) is 0.444. The molecule has 0 aliphatic carbocycles. The SMILES string of the molecule is COCCn1cc(C(=O)N2CCN(C)CC2C(N)=O)c2ccccc21. The molecule has 2 heterocycles. The molecule has 1 aromatic carbocycles. The molecule has 3 rings (SSSR count). The van der Waals surface area contributed by atoms with Crippen LogP contribution in [0, 0.1) is 0 Å². The van der Waals surface area contributed by atoms with E-state index >= 15 is 0 Å². The normalized spacial score (nSPS) is 18.6. The smallest absolute Gasteiger partial charge is 0.256 e. The third kappa shape index (κ3) is 3.38. The molecule has 1 aliphatic heterocycles. The van der Waals surface area contributed by atoms with Gasteiger partial charge < -0.3 is 24.8 Å². The summed E-state index contributed by atoms with van der Waals surface area (Å²) in [5.41, 5.74) is 7.12. The van der Waals surface area contributed by atoms with Gasteiger partial charge in [-0.1, -0.05) is 18.2 Å². The van der Waals surface area contributed by atoms with Gasteiger partial charge in [0.05, 0.1) is 12.2 Å². The summed E-state index contributed by atoms with van der Waals surface area (Å²) in [6.45, 7) is 2.89. The number of methoxy groups -OCH3 is 1. The molecule has 1 saturated heterocycles. The Labute approximate surface area is 146 Å². The first-order chi connectivity index (χ1) is 12.0. The lowest BCUT2D eigenvalue weighted by atomic mass is 10.1. The van der Waals surface area contributed by atoms with Crippen LogP contribution in [0.25, 0.3) is 10.9 Å². The Bertz CT molecular complexity index is 786. The van der Waals surface area contributed by atoms with Gasteiger partial charge in [0.2, 0.25) is 5.91 Å². The Morgan fingerprint density at radius 1 is 1.28 bits per heavy atom. The quantitative estimate of drug-likeness (QED) is 0.858. The average molecular weight is 344 g/mol. The predicted octanol–water partition coefficient (Wildman–Crippen LogP) is 0.529. The summed E-state index contributed by atoms with van der Waals surface area (Å²) in [7, 11) is 3.58. The van der Waals surface area contributed by atoms with Crippen LogP contribution < -0.4 is 5.73 Å². The zero-order valence-corrected chi connectivity index (χ0v) is 14.6. The Kier molecular flexibility index (Phi) is 5.06. The predicted molar refractivity (Wildman–Crippen MR) is 95.3 cm³/mol. The van der Waals surface area contributed by atoms with Crippen LogP contribution in [-0.4, -0.2) is 72.6 Å². The molecule has 0 saturated carbocycles. The van der Waals surface area contributed by atoms with Crippen molar-refractivity contribution in [1.82, 2.24) is 14.4 Å². The topological polar surface area (TPSA) is 80.8 Å². The molecule has 25 heavy (non-hydrogen) atoms. The largest absolute Gasteiger partial charge is 0.383 e. The number of amides is 2. The molecule has 7 nitrogen and oxygen atoms in total. The van der Waals surface area contributed by atoms with Crippen molar-refractivity contribution in [3.63, 3.8) is 0 Å². The first-order valence-corrected chi connectivity index (χ1v) is 8.38. The molecule has 1 aliphatic rings.